The summed E-state index contributed by atoms with van der Waals surface area (Å²) in [6.45, 7) is 6.39. The summed E-state index contributed by atoms with van der Waals surface area (Å²) in [6.07, 6.45) is 6.65. The van der Waals surface area contributed by atoms with E-state index in [0.717, 1.165) is 31.2 Å². The van der Waals surface area contributed by atoms with Crippen molar-refractivity contribution in [3.05, 3.63) is 35.9 Å². The smallest absolute Gasteiger partial charge is 0.405 e. The molecule has 1 saturated carbocycles. The van der Waals surface area contributed by atoms with Crippen molar-refractivity contribution < 1.29 is 19.5 Å². The van der Waals surface area contributed by atoms with Crippen molar-refractivity contribution in [2.75, 3.05) is 6.54 Å². The Kier molecular flexibility index (Phi) is 9.94. The van der Waals surface area contributed by atoms with Crippen LogP contribution in [0.3, 0.4) is 0 Å². The van der Waals surface area contributed by atoms with Gasteiger partial charge in [-0.3, -0.25) is 19.9 Å². The van der Waals surface area contributed by atoms with Crippen molar-refractivity contribution >= 4 is 23.9 Å². The molecule has 0 aromatic heterocycles. The number of carboxylic acid groups (broad SMARTS) is 1. The molecule has 2 fully saturated rings. The summed E-state index contributed by atoms with van der Waals surface area (Å²) in [5, 5.41) is 26.3. The maximum Gasteiger partial charge on any atom is 0.405 e. The molecule has 3 atom stereocenters. The Hall–Kier alpha value is -3.10. The summed E-state index contributed by atoms with van der Waals surface area (Å²) in [7, 11) is 0. The lowest BCUT2D eigenvalue weighted by Crippen LogP contribution is -2.49. The third-order valence-corrected chi connectivity index (χ3v) is 7.51. The number of nitrogens with one attached hydrogen (secondary N) is 4. The van der Waals surface area contributed by atoms with Gasteiger partial charge in [-0.2, -0.15) is 0 Å². The average molecular weight is 514 g/mol. The molecular formula is C28H43N5O4. The maximum atomic E-state index is 13.6. The molecule has 1 heterocycles. The van der Waals surface area contributed by atoms with Crippen LogP contribution >= 0.6 is 0 Å². The van der Waals surface area contributed by atoms with Gasteiger partial charge in [0.15, 0.2) is 5.96 Å². The van der Waals surface area contributed by atoms with Crippen LogP contribution in [0.4, 0.5) is 4.79 Å². The molecule has 9 heteroatoms. The van der Waals surface area contributed by atoms with Crippen molar-refractivity contribution in [1.82, 2.24) is 20.9 Å². The van der Waals surface area contributed by atoms with Gasteiger partial charge in [0.1, 0.15) is 11.6 Å². The molecule has 0 spiro atoms. The van der Waals surface area contributed by atoms with Crippen LogP contribution in [0.1, 0.15) is 84.1 Å². The highest BCUT2D eigenvalue weighted by atomic mass is 16.4. The minimum Gasteiger partial charge on any atom is -0.465 e. The Bertz CT molecular complexity index is 947. The second-order valence-corrected chi connectivity index (χ2v) is 11.1. The Morgan fingerprint density at radius 1 is 1.14 bits per heavy atom. The van der Waals surface area contributed by atoms with Gasteiger partial charge >= 0.3 is 6.09 Å². The Balaban J connectivity index is 1.55. The van der Waals surface area contributed by atoms with Gasteiger partial charge < -0.3 is 21.1 Å². The van der Waals surface area contributed by atoms with E-state index >= 15 is 0 Å². The minimum absolute atomic E-state index is 0.101. The second kappa shape index (κ2) is 12.9. The lowest BCUT2D eigenvalue weighted by Gasteiger charge is -2.29. The SMILES string of the molecule is CC(C)C[C@]1(c2ccccc2)NC(=N)N(CCC[C@H](C)NC(=O)[C@H](CC2CCCCC2)NC(=O)O)C1=O. The zero-order valence-electron chi connectivity index (χ0n) is 22.4. The summed E-state index contributed by atoms with van der Waals surface area (Å²) in [5.74, 6) is 0.298. The van der Waals surface area contributed by atoms with Gasteiger partial charge in [-0.1, -0.05) is 76.3 Å². The summed E-state index contributed by atoms with van der Waals surface area (Å²) in [4.78, 5) is 39.3. The summed E-state index contributed by atoms with van der Waals surface area (Å²) < 4.78 is 0. The van der Waals surface area contributed by atoms with Gasteiger partial charge in [0.05, 0.1) is 0 Å². The highest BCUT2D eigenvalue weighted by molar-refractivity contribution is 6.08. The van der Waals surface area contributed by atoms with E-state index in [4.69, 9.17) is 5.41 Å². The fraction of sp³-hybridized carbons (Fsp3) is 0.643. The lowest BCUT2D eigenvalue weighted by molar-refractivity contribution is -0.132. The molecule has 204 valence electrons. The van der Waals surface area contributed by atoms with E-state index in [1.807, 2.05) is 37.3 Å². The number of nitrogens with zero attached hydrogens (tertiary/aromatic N) is 1. The highest BCUT2D eigenvalue weighted by Crippen LogP contribution is 2.35. The molecule has 37 heavy (non-hydrogen) atoms. The Morgan fingerprint density at radius 2 is 1.81 bits per heavy atom. The summed E-state index contributed by atoms with van der Waals surface area (Å²) in [6, 6.07) is 8.63. The van der Waals surface area contributed by atoms with Crippen LogP contribution in [0.25, 0.3) is 0 Å². The first-order chi connectivity index (χ1) is 17.6. The highest BCUT2D eigenvalue weighted by Gasteiger charge is 2.50. The van der Waals surface area contributed by atoms with E-state index in [0.29, 0.717) is 38.1 Å². The van der Waals surface area contributed by atoms with Gasteiger partial charge in [-0.25, -0.2) is 4.79 Å². The molecule has 1 aromatic rings. The number of hydrogen-bond acceptors (Lipinski definition) is 4. The Morgan fingerprint density at radius 3 is 2.43 bits per heavy atom. The molecule has 1 aromatic carbocycles. The topological polar surface area (TPSA) is 135 Å². The minimum atomic E-state index is -1.19. The molecular weight excluding hydrogens is 470 g/mol. The molecule has 9 nitrogen and oxygen atoms in total. The van der Waals surface area contributed by atoms with Crippen molar-refractivity contribution in [2.24, 2.45) is 11.8 Å². The van der Waals surface area contributed by atoms with E-state index in [2.05, 4.69) is 29.8 Å². The van der Waals surface area contributed by atoms with Crippen LogP contribution in [0.2, 0.25) is 0 Å². The molecule has 3 rings (SSSR count). The molecule has 1 aliphatic carbocycles. The number of hydrogen-bond donors (Lipinski definition) is 5. The number of rotatable bonds is 12. The molecule has 3 amide bonds. The van der Waals surface area contributed by atoms with E-state index in [1.54, 1.807) is 0 Å². The second-order valence-electron chi connectivity index (χ2n) is 11.1. The van der Waals surface area contributed by atoms with Gasteiger partial charge in [-0.15, -0.1) is 0 Å². The van der Waals surface area contributed by atoms with E-state index in [-0.39, 0.29) is 29.7 Å². The zero-order valence-corrected chi connectivity index (χ0v) is 22.4. The predicted molar refractivity (Wildman–Crippen MR) is 143 cm³/mol. The third kappa shape index (κ3) is 7.46. The first-order valence-corrected chi connectivity index (χ1v) is 13.7. The molecule has 0 unspecified atom stereocenters. The number of carbonyl (C=O) groups is 3. The molecule has 0 radical (unpaired) electrons. The lowest BCUT2D eigenvalue weighted by atomic mass is 9.82. The largest absolute Gasteiger partial charge is 0.465 e. The summed E-state index contributed by atoms with van der Waals surface area (Å²) in [5.41, 5.74) is -0.0854. The van der Waals surface area contributed by atoms with Crippen LogP contribution in [0.15, 0.2) is 30.3 Å². The van der Waals surface area contributed by atoms with Crippen LogP contribution in [-0.4, -0.2) is 52.5 Å². The first-order valence-electron chi connectivity index (χ1n) is 13.7. The maximum absolute atomic E-state index is 13.6. The molecule has 5 N–H and O–H groups in total. The van der Waals surface area contributed by atoms with Gasteiger partial charge in [0.2, 0.25) is 5.91 Å². The van der Waals surface area contributed by atoms with Crippen molar-refractivity contribution in [1.29, 1.82) is 5.41 Å². The fourth-order valence-electron chi connectivity index (χ4n) is 5.76. The molecule has 1 aliphatic heterocycles. The monoisotopic (exact) mass is 513 g/mol. The van der Waals surface area contributed by atoms with E-state index in [1.165, 1.54) is 11.3 Å². The van der Waals surface area contributed by atoms with Gasteiger partial charge in [0.25, 0.3) is 5.91 Å². The first kappa shape index (κ1) is 28.5. The number of guanidine groups is 1. The number of benzene rings is 1. The zero-order chi connectivity index (χ0) is 27.0. The van der Waals surface area contributed by atoms with Crippen molar-refractivity contribution in [3.8, 4) is 0 Å². The van der Waals surface area contributed by atoms with Gasteiger partial charge in [-0.05, 0) is 50.0 Å². The van der Waals surface area contributed by atoms with Gasteiger partial charge in [0, 0.05) is 12.6 Å². The number of amides is 3. The quantitative estimate of drug-likeness (QED) is 0.286. The fourth-order valence-corrected chi connectivity index (χ4v) is 5.76. The Labute approximate surface area is 220 Å². The van der Waals surface area contributed by atoms with Crippen LogP contribution in [-0.2, 0) is 15.1 Å². The molecule has 0 bridgehead atoms. The molecule has 2 aliphatic rings. The van der Waals surface area contributed by atoms with Crippen LogP contribution < -0.4 is 16.0 Å². The van der Waals surface area contributed by atoms with E-state index in [9.17, 15) is 19.5 Å². The normalized spacial score (nSPS) is 22.0. The summed E-state index contributed by atoms with van der Waals surface area (Å²) >= 11 is 0. The van der Waals surface area contributed by atoms with Crippen LogP contribution in [0, 0.1) is 17.2 Å². The van der Waals surface area contributed by atoms with Crippen molar-refractivity contribution in [3.63, 3.8) is 0 Å². The third-order valence-electron chi connectivity index (χ3n) is 7.51. The number of carbonyl (C=O) groups excluding carboxylic acids is 2. The van der Waals surface area contributed by atoms with E-state index < -0.39 is 17.7 Å². The molecule has 1 saturated heterocycles. The predicted octanol–water partition coefficient (Wildman–Crippen LogP) is 4.19. The average Bonchev–Trinajstić information content (AvgIpc) is 3.09. The van der Waals surface area contributed by atoms with Crippen LogP contribution in [0.5, 0.6) is 0 Å². The van der Waals surface area contributed by atoms with Crippen molar-refractivity contribution in [2.45, 2.75) is 96.2 Å². The standard InChI is InChI=1S/C28H43N5O4/c1-19(2)18-28(22-14-8-5-9-15-22)25(35)33(26(29)32-28)16-10-11-20(3)30-24(34)23(31-27(36)37)17-21-12-6-4-7-13-21/h5,8-9,14-15,19-21,23,31H,4,6-7,10-13,16-18H2,1-3H3,(H2,29,32)(H,30,34)(H,36,37)/t20-,23-,28+/m0/s1.